The summed E-state index contributed by atoms with van der Waals surface area (Å²) in [6.07, 6.45) is -4.79. The molecule has 1 amide bonds. The van der Waals surface area contributed by atoms with Crippen LogP contribution >= 0.6 is 12.4 Å². The third kappa shape index (κ3) is 3.69. The van der Waals surface area contributed by atoms with Crippen LogP contribution in [0.4, 0.5) is 24.5 Å². The maximum absolute atomic E-state index is 12.3. The predicted molar refractivity (Wildman–Crippen MR) is 73.0 cm³/mol. The number of carbonyl (C=O) groups excluding carboxylic acids is 1. The van der Waals surface area contributed by atoms with E-state index in [1.807, 2.05) is 17.0 Å². The number of halogens is 4. The Morgan fingerprint density at radius 3 is 2.00 bits per heavy atom. The number of piperazine rings is 1. The van der Waals surface area contributed by atoms with Crippen molar-refractivity contribution < 1.29 is 18.0 Å². The molecule has 1 aromatic rings. The second-order valence-electron chi connectivity index (χ2n) is 4.37. The minimum Gasteiger partial charge on any atom is -0.399 e. The number of nitrogens with two attached hydrogens (primary N) is 1. The summed E-state index contributed by atoms with van der Waals surface area (Å²) < 4.78 is 36.8. The molecule has 8 heteroatoms. The molecule has 112 valence electrons. The first-order valence-electron chi connectivity index (χ1n) is 5.84. The molecule has 1 heterocycles. The molecule has 2 rings (SSSR count). The van der Waals surface area contributed by atoms with E-state index in [4.69, 9.17) is 5.73 Å². The highest BCUT2D eigenvalue weighted by Crippen LogP contribution is 2.22. The van der Waals surface area contributed by atoms with Gasteiger partial charge in [0.1, 0.15) is 0 Å². The molecule has 1 fully saturated rings. The van der Waals surface area contributed by atoms with Crippen LogP contribution in [0.1, 0.15) is 0 Å². The molecule has 0 atom stereocenters. The molecule has 0 unspecified atom stereocenters. The van der Waals surface area contributed by atoms with E-state index in [0.717, 1.165) is 10.6 Å². The maximum atomic E-state index is 12.3. The number of carbonyl (C=O) groups is 1. The minimum absolute atomic E-state index is 0. The number of hydrogen-bond donors (Lipinski definition) is 1. The molecule has 0 radical (unpaired) electrons. The first-order chi connectivity index (χ1) is 8.88. The zero-order valence-corrected chi connectivity index (χ0v) is 11.4. The zero-order valence-electron chi connectivity index (χ0n) is 10.6. The van der Waals surface area contributed by atoms with Crippen molar-refractivity contribution in [2.45, 2.75) is 6.18 Å². The summed E-state index contributed by atoms with van der Waals surface area (Å²) in [6, 6.07) is 7.11. The van der Waals surface area contributed by atoms with Crippen molar-refractivity contribution in [3.8, 4) is 0 Å². The summed E-state index contributed by atoms with van der Waals surface area (Å²) in [4.78, 5) is 13.8. The van der Waals surface area contributed by atoms with E-state index in [9.17, 15) is 18.0 Å². The summed E-state index contributed by atoms with van der Waals surface area (Å²) >= 11 is 0. The molecule has 0 saturated carbocycles. The summed E-state index contributed by atoms with van der Waals surface area (Å²) in [5, 5.41) is 0. The Kier molecular flexibility index (Phi) is 5.10. The van der Waals surface area contributed by atoms with Crippen LogP contribution in [0.2, 0.25) is 0 Å². The fourth-order valence-corrected chi connectivity index (χ4v) is 2.03. The van der Waals surface area contributed by atoms with Crippen LogP contribution in [0.5, 0.6) is 0 Å². The van der Waals surface area contributed by atoms with Crippen molar-refractivity contribution in [1.82, 2.24) is 4.90 Å². The number of nitrogen functional groups attached to an aromatic ring is 1. The van der Waals surface area contributed by atoms with Crippen LogP contribution < -0.4 is 10.6 Å². The highest BCUT2D eigenvalue weighted by molar-refractivity contribution is 5.85. The van der Waals surface area contributed by atoms with E-state index in [2.05, 4.69) is 0 Å². The van der Waals surface area contributed by atoms with Gasteiger partial charge in [-0.25, -0.2) is 0 Å². The van der Waals surface area contributed by atoms with Gasteiger partial charge in [-0.1, -0.05) is 0 Å². The monoisotopic (exact) mass is 309 g/mol. The number of rotatable bonds is 1. The Hall–Kier alpha value is -1.63. The molecule has 2 N–H and O–H groups in total. The maximum Gasteiger partial charge on any atom is 0.471 e. The quantitative estimate of drug-likeness (QED) is 0.806. The normalized spacial score (nSPS) is 15.8. The summed E-state index contributed by atoms with van der Waals surface area (Å²) in [6.45, 7) is 0.906. The fourth-order valence-electron chi connectivity index (χ4n) is 2.03. The van der Waals surface area contributed by atoms with Gasteiger partial charge in [-0.05, 0) is 24.3 Å². The number of anilines is 2. The average molecular weight is 310 g/mol. The number of amides is 1. The Bertz CT molecular complexity index is 456. The van der Waals surface area contributed by atoms with E-state index in [1.54, 1.807) is 12.1 Å². The van der Waals surface area contributed by atoms with Crippen LogP contribution in [0.15, 0.2) is 24.3 Å². The molecule has 0 spiro atoms. The molecule has 1 saturated heterocycles. The first kappa shape index (κ1) is 16.4. The molecular formula is C12H15ClF3N3O. The van der Waals surface area contributed by atoms with Crippen molar-refractivity contribution in [1.29, 1.82) is 0 Å². The van der Waals surface area contributed by atoms with Gasteiger partial charge < -0.3 is 15.5 Å². The van der Waals surface area contributed by atoms with E-state index >= 15 is 0 Å². The fraction of sp³-hybridized carbons (Fsp3) is 0.417. The van der Waals surface area contributed by atoms with Crippen LogP contribution in [0, 0.1) is 0 Å². The second-order valence-corrected chi connectivity index (χ2v) is 4.37. The molecule has 20 heavy (non-hydrogen) atoms. The van der Waals surface area contributed by atoms with Crippen molar-refractivity contribution >= 4 is 29.7 Å². The molecule has 1 aliphatic heterocycles. The van der Waals surface area contributed by atoms with Gasteiger partial charge in [-0.3, -0.25) is 4.79 Å². The summed E-state index contributed by atoms with van der Waals surface area (Å²) in [7, 11) is 0. The highest BCUT2D eigenvalue weighted by Gasteiger charge is 2.43. The van der Waals surface area contributed by atoms with E-state index in [-0.39, 0.29) is 25.5 Å². The number of benzene rings is 1. The third-order valence-corrected chi connectivity index (χ3v) is 3.07. The molecule has 0 bridgehead atoms. The molecule has 0 aromatic heterocycles. The molecule has 1 aliphatic rings. The molecule has 0 aliphatic carbocycles. The topological polar surface area (TPSA) is 49.6 Å². The lowest BCUT2D eigenvalue weighted by molar-refractivity contribution is -0.185. The summed E-state index contributed by atoms with van der Waals surface area (Å²) in [5.41, 5.74) is 7.10. The van der Waals surface area contributed by atoms with Crippen LogP contribution in [0.3, 0.4) is 0 Å². The third-order valence-electron chi connectivity index (χ3n) is 3.07. The molecule has 1 aromatic carbocycles. The average Bonchev–Trinajstić information content (AvgIpc) is 2.38. The molecule has 4 nitrogen and oxygen atoms in total. The Morgan fingerprint density at radius 2 is 1.55 bits per heavy atom. The van der Waals surface area contributed by atoms with E-state index in [0.29, 0.717) is 18.8 Å². The predicted octanol–water partition coefficient (Wildman–Crippen LogP) is 1.90. The van der Waals surface area contributed by atoms with Gasteiger partial charge in [0.05, 0.1) is 0 Å². The van der Waals surface area contributed by atoms with Gasteiger partial charge >= 0.3 is 12.1 Å². The van der Waals surface area contributed by atoms with Crippen molar-refractivity contribution in [2.24, 2.45) is 0 Å². The SMILES string of the molecule is Cl.Nc1ccc(N2CCN(C(=O)C(F)(F)F)CC2)cc1. The van der Waals surface area contributed by atoms with Crippen LogP contribution in [-0.4, -0.2) is 43.2 Å². The van der Waals surface area contributed by atoms with Gasteiger partial charge in [-0.15, -0.1) is 12.4 Å². The van der Waals surface area contributed by atoms with Gasteiger partial charge in [0.15, 0.2) is 0 Å². The molecular weight excluding hydrogens is 295 g/mol. The lowest BCUT2D eigenvalue weighted by atomic mass is 10.2. The van der Waals surface area contributed by atoms with Crippen LogP contribution in [-0.2, 0) is 4.79 Å². The minimum atomic E-state index is -4.79. The van der Waals surface area contributed by atoms with Crippen molar-refractivity contribution in [3.63, 3.8) is 0 Å². The Labute approximate surface area is 120 Å². The highest BCUT2D eigenvalue weighted by atomic mass is 35.5. The summed E-state index contributed by atoms with van der Waals surface area (Å²) in [5.74, 6) is -1.76. The standard InChI is InChI=1S/C12H14F3N3O.ClH/c13-12(14,15)11(19)18-7-5-17(6-8-18)10-3-1-9(16)2-4-10;/h1-4H,5-8,16H2;1H. The van der Waals surface area contributed by atoms with Crippen molar-refractivity contribution in [2.75, 3.05) is 36.8 Å². The number of hydrogen-bond acceptors (Lipinski definition) is 3. The van der Waals surface area contributed by atoms with Gasteiger partial charge in [0, 0.05) is 37.6 Å². The van der Waals surface area contributed by atoms with Gasteiger partial charge in [0.2, 0.25) is 0 Å². The van der Waals surface area contributed by atoms with Gasteiger partial charge in [-0.2, -0.15) is 13.2 Å². The van der Waals surface area contributed by atoms with Crippen molar-refractivity contribution in [3.05, 3.63) is 24.3 Å². The second kappa shape index (κ2) is 6.21. The largest absolute Gasteiger partial charge is 0.471 e. The number of nitrogens with zero attached hydrogens (tertiary/aromatic N) is 2. The first-order valence-corrected chi connectivity index (χ1v) is 5.84. The number of alkyl halides is 3. The van der Waals surface area contributed by atoms with Gasteiger partial charge in [0.25, 0.3) is 0 Å². The lowest BCUT2D eigenvalue weighted by Crippen LogP contribution is -2.52. The van der Waals surface area contributed by atoms with E-state index in [1.165, 1.54) is 0 Å². The Balaban J connectivity index is 0.00000200. The lowest BCUT2D eigenvalue weighted by Gasteiger charge is -2.36. The van der Waals surface area contributed by atoms with Crippen LogP contribution in [0.25, 0.3) is 0 Å². The smallest absolute Gasteiger partial charge is 0.399 e. The Morgan fingerprint density at radius 1 is 1.05 bits per heavy atom. The zero-order chi connectivity index (χ0) is 14.0. The van der Waals surface area contributed by atoms with E-state index < -0.39 is 12.1 Å².